The Labute approximate surface area is 91.9 Å². The van der Waals surface area contributed by atoms with E-state index in [4.69, 9.17) is 4.74 Å². The molecule has 1 rings (SSSR count). The van der Waals surface area contributed by atoms with E-state index in [2.05, 4.69) is 6.92 Å². The van der Waals surface area contributed by atoms with Gasteiger partial charge in [0, 0.05) is 0 Å². The van der Waals surface area contributed by atoms with Crippen molar-refractivity contribution in [3.8, 4) is 11.5 Å². The van der Waals surface area contributed by atoms with Crippen LogP contribution in [0.5, 0.6) is 11.5 Å². The van der Waals surface area contributed by atoms with Crippen LogP contribution < -0.4 is 4.74 Å². The molecule has 0 aliphatic heterocycles. The van der Waals surface area contributed by atoms with Crippen molar-refractivity contribution in [3.63, 3.8) is 0 Å². The molecule has 0 fully saturated rings. The van der Waals surface area contributed by atoms with Gasteiger partial charge in [-0.3, -0.25) is 0 Å². The van der Waals surface area contributed by atoms with Crippen LogP contribution in [-0.2, 0) is 6.42 Å². The number of phenols is 1. The number of aryl methyl sites for hydroxylation is 1. The van der Waals surface area contributed by atoms with E-state index in [0.717, 1.165) is 18.4 Å². The summed E-state index contributed by atoms with van der Waals surface area (Å²) < 4.78 is 5.77. The van der Waals surface area contributed by atoms with E-state index in [0.29, 0.717) is 5.75 Å². The van der Waals surface area contributed by atoms with Gasteiger partial charge in [0.25, 0.3) is 0 Å². The van der Waals surface area contributed by atoms with Crippen LogP contribution >= 0.6 is 0 Å². The summed E-state index contributed by atoms with van der Waals surface area (Å²) in [5.41, 5.74) is 0.800. The van der Waals surface area contributed by atoms with Gasteiger partial charge in [0.05, 0.1) is 0 Å². The molecular formula is C13H20O2. The molecule has 2 heteroatoms. The summed E-state index contributed by atoms with van der Waals surface area (Å²) in [5.74, 6) is 0.864. The van der Waals surface area contributed by atoms with Crippen molar-refractivity contribution >= 4 is 0 Å². The molecule has 0 unspecified atom stereocenters. The van der Waals surface area contributed by atoms with Crippen molar-refractivity contribution in [1.82, 2.24) is 0 Å². The second-order valence-electron chi connectivity index (χ2n) is 4.73. The molecule has 0 aromatic heterocycles. The molecule has 1 aromatic carbocycles. The van der Waals surface area contributed by atoms with Crippen LogP contribution in [0.1, 0.15) is 39.7 Å². The molecule has 84 valence electrons. The smallest absolute Gasteiger partial charge is 0.164 e. The summed E-state index contributed by atoms with van der Waals surface area (Å²) in [6.07, 6.45) is 1.98. The van der Waals surface area contributed by atoms with Gasteiger partial charge in [0.15, 0.2) is 11.5 Å². The number of ether oxygens (including phenoxy) is 1. The summed E-state index contributed by atoms with van der Waals surface area (Å²) in [5, 5.41) is 9.76. The second-order valence-corrected chi connectivity index (χ2v) is 4.73. The minimum Gasteiger partial charge on any atom is -0.504 e. The molecule has 0 saturated carbocycles. The topological polar surface area (TPSA) is 29.5 Å². The average Bonchev–Trinajstić information content (AvgIpc) is 2.10. The van der Waals surface area contributed by atoms with E-state index >= 15 is 0 Å². The lowest BCUT2D eigenvalue weighted by atomic mass is 10.1. The molecule has 0 radical (unpaired) electrons. The highest BCUT2D eigenvalue weighted by Gasteiger charge is 2.17. The second kappa shape index (κ2) is 4.56. The lowest BCUT2D eigenvalue weighted by Crippen LogP contribution is -2.23. The third kappa shape index (κ3) is 3.46. The lowest BCUT2D eigenvalue weighted by molar-refractivity contribution is 0.124. The van der Waals surface area contributed by atoms with Gasteiger partial charge in [-0.2, -0.15) is 0 Å². The molecule has 0 aliphatic carbocycles. The number of phenolic OH excluding ortho intramolecular Hbond substituents is 1. The van der Waals surface area contributed by atoms with E-state index in [-0.39, 0.29) is 11.4 Å². The molecule has 0 amide bonds. The summed E-state index contributed by atoms with van der Waals surface area (Å²) in [6.45, 7) is 8.06. The fraction of sp³-hybridized carbons (Fsp3) is 0.538. The maximum Gasteiger partial charge on any atom is 0.164 e. The highest BCUT2D eigenvalue weighted by Crippen LogP contribution is 2.33. The van der Waals surface area contributed by atoms with Gasteiger partial charge >= 0.3 is 0 Å². The summed E-state index contributed by atoms with van der Waals surface area (Å²) in [6, 6.07) is 5.53. The average molecular weight is 208 g/mol. The highest BCUT2D eigenvalue weighted by atomic mass is 16.5. The number of aromatic hydroxyl groups is 1. The molecule has 0 aliphatic rings. The maximum atomic E-state index is 9.76. The van der Waals surface area contributed by atoms with Crippen LogP contribution in [0.2, 0.25) is 0 Å². The Balaban J connectivity index is 3.02. The summed E-state index contributed by atoms with van der Waals surface area (Å²) >= 11 is 0. The van der Waals surface area contributed by atoms with Crippen molar-refractivity contribution in [2.24, 2.45) is 0 Å². The van der Waals surface area contributed by atoms with Gasteiger partial charge in [0.2, 0.25) is 0 Å². The van der Waals surface area contributed by atoms with Crippen LogP contribution in [0.3, 0.4) is 0 Å². The lowest BCUT2D eigenvalue weighted by Gasteiger charge is -2.23. The molecule has 0 saturated heterocycles. The SMILES string of the molecule is CCCc1cccc(O)c1OC(C)(C)C. The molecule has 1 aromatic rings. The van der Waals surface area contributed by atoms with Gasteiger partial charge in [-0.15, -0.1) is 0 Å². The zero-order valence-corrected chi connectivity index (χ0v) is 10.0. The largest absolute Gasteiger partial charge is 0.504 e. The Morgan fingerprint density at radius 2 is 1.93 bits per heavy atom. The molecule has 0 bridgehead atoms. The van der Waals surface area contributed by atoms with Crippen molar-refractivity contribution in [2.75, 3.05) is 0 Å². The summed E-state index contributed by atoms with van der Waals surface area (Å²) in [7, 11) is 0. The van der Waals surface area contributed by atoms with Gasteiger partial charge in [-0.05, 0) is 38.8 Å². The Hall–Kier alpha value is -1.18. The maximum absolute atomic E-state index is 9.76. The molecule has 15 heavy (non-hydrogen) atoms. The van der Waals surface area contributed by atoms with Crippen molar-refractivity contribution in [1.29, 1.82) is 0 Å². The molecule has 0 heterocycles. The van der Waals surface area contributed by atoms with Crippen molar-refractivity contribution in [3.05, 3.63) is 23.8 Å². The quantitative estimate of drug-likeness (QED) is 0.823. The molecule has 0 spiro atoms. The molecule has 1 N–H and O–H groups in total. The normalized spacial score (nSPS) is 11.5. The first-order valence-corrected chi connectivity index (χ1v) is 5.44. The molecular weight excluding hydrogens is 188 g/mol. The highest BCUT2D eigenvalue weighted by molar-refractivity contribution is 5.46. The molecule has 0 atom stereocenters. The fourth-order valence-corrected chi connectivity index (χ4v) is 1.46. The number of benzene rings is 1. The van der Waals surface area contributed by atoms with Crippen molar-refractivity contribution < 1.29 is 9.84 Å². The number of para-hydroxylation sites is 1. The Kier molecular flexibility index (Phi) is 3.61. The van der Waals surface area contributed by atoms with Crippen LogP contribution in [0.25, 0.3) is 0 Å². The standard InChI is InChI=1S/C13H20O2/c1-5-7-10-8-6-9-11(14)12(10)15-13(2,3)4/h6,8-9,14H,5,7H2,1-4H3. The van der Waals surface area contributed by atoms with E-state index in [1.807, 2.05) is 32.9 Å². The first-order valence-electron chi connectivity index (χ1n) is 5.44. The Bertz CT molecular complexity index is 324. The number of hydrogen-bond acceptors (Lipinski definition) is 2. The predicted octanol–water partition coefficient (Wildman–Crippen LogP) is 3.52. The predicted molar refractivity (Wildman–Crippen MR) is 62.5 cm³/mol. The van der Waals surface area contributed by atoms with Crippen LogP contribution in [0.4, 0.5) is 0 Å². The Morgan fingerprint density at radius 3 is 2.47 bits per heavy atom. The third-order valence-corrected chi connectivity index (χ3v) is 2.00. The first-order chi connectivity index (χ1) is 6.94. The number of hydrogen-bond donors (Lipinski definition) is 1. The zero-order chi connectivity index (χ0) is 11.5. The minimum absolute atomic E-state index is 0.232. The van der Waals surface area contributed by atoms with Crippen molar-refractivity contribution in [2.45, 2.75) is 46.1 Å². The zero-order valence-electron chi connectivity index (χ0n) is 10.0. The summed E-state index contributed by atoms with van der Waals surface area (Å²) in [4.78, 5) is 0. The molecule has 2 nitrogen and oxygen atoms in total. The fourth-order valence-electron chi connectivity index (χ4n) is 1.46. The van der Waals surface area contributed by atoms with E-state index in [1.54, 1.807) is 6.07 Å². The van der Waals surface area contributed by atoms with Crippen LogP contribution in [0.15, 0.2) is 18.2 Å². The number of rotatable bonds is 3. The van der Waals surface area contributed by atoms with Gasteiger partial charge < -0.3 is 9.84 Å². The first kappa shape index (κ1) is 11.9. The van der Waals surface area contributed by atoms with E-state index < -0.39 is 0 Å². The Morgan fingerprint density at radius 1 is 1.27 bits per heavy atom. The third-order valence-electron chi connectivity index (χ3n) is 2.00. The minimum atomic E-state index is -0.276. The van der Waals surface area contributed by atoms with Gasteiger partial charge in [-0.25, -0.2) is 0 Å². The van der Waals surface area contributed by atoms with E-state index in [1.165, 1.54) is 0 Å². The monoisotopic (exact) mass is 208 g/mol. The van der Waals surface area contributed by atoms with Crippen LogP contribution in [-0.4, -0.2) is 10.7 Å². The van der Waals surface area contributed by atoms with Gasteiger partial charge in [-0.1, -0.05) is 25.5 Å². The van der Waals surface area contributed by atoms with Gasteiger partial charge in [0.1, 0.15) is 5.60 Å². The van der Waals surface area contributed by atoms with E-state index in [9.17, 15) is 5.11 Å². The van der Waals surface area contributed by atoms with Crippen LogP contribution in [0, 0.1) is 0 Å².